The second-order valence-corrected chi connectivity index (χ2v) is 7.28. The number of nitrogens with one attached hydrogen (secondary N) is 1. The fourth-order valence-corrected chi connectivity index (χ4v) is 4.56. The third-order valence-corrected chi connectivity index (χ3v) is 5.99. The molecule has 0 aromatic carbocycles. The van der Waals surface area contributed by atoms with Gasteiger partial charge in [0.15, 0.2) is 0 Å². The Bertz CT molecular complexity index is 272. The molecule has 0 amide bonds. The highest BCUT2D eigenvalue weighted by molar-refractivity contribution is 4.85. The van der Waals surface area contributed by atoms with Crippen molar-refractivity contribution in [2.45, 2.75) is 63.5 Å². The van der Waals surface area contributed by atoms with Crippen LogP contribution in [-0.4, -0.2) is 61.7 Å². The van der Waals surface area contributed by atoms with Crippen LogP contribution in [0.15, 0.2) is 0 Å². The minimum atomic E-state index is 0.791. The molecule has 3 nitrogen and oxygen atoms in total. The zero-order chi connectivity index (χ0) is 13.8. The van der Waals surface area contributed by atoms with Crippen LogP contribution in [0.3, 0.4) is 0 Å². The smallest absolute Gasteiger partial charge is 0.00964 e. The Morgan fingerprint density at radius 1 is 0.850 bits per heavy atom. The molecule has 0 radical (unpaired) electrons. The lowest BCUT2D eigenvalue weighted by Gasteiger charge is -2.41. The van der Waals surface area contributed by atoms with E-state index in [0.29, 0.717) is 0 Å². The molecule has 2 heterocycles. The number of hydrogen-bond donors (Lipinski definition) is 1. The molecule has 3 heteroatoms. The van der Waals surface area contributed by atoms with Gasteiger partial charge in [0, 0.05) is 18.6 Å². The average molecular weight is 279 g/mol. The van der Waals surface area contributed by atoms with Crippen molar-refractivity contribution in [3.05, 3.63) is 0 Å². The Balaban J connectivity index is 1.37. The maximum atomic E-state index is 3.45. The van der Waals surface area contributed by atoms with Gasteiger partial charge < -0.3 is 15.1 Å². The zero-order valence-corrected chi connectivity index (χ0v) is 13.3. The molecule has 1 saturated carbocycles. The van der Waals surface area contributed by atoms with Crippen molar-refractivity contribution in [3.8, 4) is 0 Å². The number of likely N-dealkylation sites (tertiary alicyclic amines) is 2. The van der Waals surface area contributed by atoms with E-state index in [9.17, 15) is 0 Å². The number of rotatable bonds is 4. The van der Waals surface area contributed by atoms with Crippen LogP contribution in [0.4, 0.5) is 0 Å². The Hall–Kier alpha value is -0.120. The minimum Gasteiger partial charge on any atom is -0.317 e. The molecule has 20 heavy (non-hydrogen) atoms. The first-order chi connectivity index (χ1) is 9.85. The second-order valence-electron chi connectivity index (χ2n) is 7.28. The first-order valence-corrected chi connectivity index (χ1v) is 8.99. The van der Waals surface area contributed by atoms with E-state index >= 15 is 0 Å². The van der Waals surface area contributed by atoms with E-state index in [1.54, 1.807) is 0 Å². The summed E-state index contributed by atoms with van der Waals surface area (Å²) in [4.78, 5) is 5.52. The van der Waals surface area contributed by atoms with Gasteiger partial charge in [-0.2, -0.15) is 0 Å². The second kappa shape index (κ2) is 7.24. The number of hydrogen-bond acceptors (Lipinski definition) is 3. The Morgan fingerprint density at radius 3 is 2.10 bits per heavy atom. The van der Waals surface area contributed by atoms with Crippen LogP contribution in [0.25, 0.3) is 0 Å². The van der Waals surface area contributed by atoms with Crippen LogP contribution in [-0.2, 0) is 0 Å². The predicted octanol–water partition coefficient (Wildman–Crippen LogP) is 2.32. The molecule has 116 valence electrons. The zero-order valence-electron chi connectivity index (χ0n) is 13.3. The molecular weight excluding hydrogens is 246 g/mol. The standard InChI is InChI=1S/C17H33N3/c1-18-16-4-6-17(7-5-16)20-12-8-15(9-13-20)14-19-10-2-3-11-19/h15-18H,2-14H2,1H3. The summed E-state index contributed by atoms with van der Waals surface area (Å²) in [5, 5.41) is 3.45. The van der Waals surface area contributed by atoms with Gasteiger partial charge in [-0.15, -0.1) is 0 Å². The molecule has 0 bridgehead atoms. The molecule has 3 rings (SSSR count). The summed E-state index contributed by atoms with van der Waals surface area (Å²) in [5.74, 6) is 0.984. The van der Waals surface area contributed by atoms with Crippen LogP contribution >= 0.6 is 0 Å². The highest BCUT2D eigenvalue weighted by Gasteiger charge is 2.29. The highest BCUT2D eigenvalue weighted by atomic mass is 15.2. The summed E-state index contributed by atoms with van der Waals surface area (Å²) in [6, 6.07) is 1.69. The molecule has 3 fully saturated rings. The summed E-state index contributed by atoms with van der Waals surface area (Å²) < 4.78 is 0. The van der Waals surface area contributed by atoms with Crippen molar-refractivity contribution >= 4 is 0 Å². The Morgan fingerprint density at radius 2 is 1.50 bits per heavy atom. The molecule has 2 saturated heterocycles. The van der Waals surface area contributed by atoms with Gasteiger partial charge in [-0.3, -0.25) is 0 Å². The summed E-state index contributed by atoms with van der Waals surface area (Å²) in [6.45, 7) is 6.86. The van der Waals surface area contributed by atoms with Crippen LogP contribution < -0.4 is 5.32 Å². The van der Waals surface area contributed by atoms with Crippen LogP contribution in [0.1, 0.15) is 51.4 Å². The molecule has 2 aliphatic heterocycles. The van der Waals surface area contributed by atoms with Gasteiger partial charge in [0.2, 0.25) is 0 Å². The van der Waals surface area contributed by atoms with Crippen molar-refractivity contribution in [2.75, 3.05) is 39.8 Å². The predicted molar refractivity (Wildman–Crippen MR) is 85.1 cm³/mol. The third-order valence-electron chi connectivity index (χ3n) is 5.99. The number of piperidine rings is 1. The van der Waals surface area contributed by atoms with E-state index in [1.165, 1.54) is 84.1 Å². The maximum Gasteiger partial charge on any atom is 0.00964 e. The molecule has 1 aliphatic carbocycles. The molecule has 0 aromatic heterocycles. The van der Waals surface area contributed by atoms with Crippen LogP contribution in [0.5, 0.6) is 0 Å². The van der Waals surface area contributed by atoms with E-state index in [2.05, 4.69) is 22.2 Å². The van der Waals surface area contributed by atoms with Gasteiger partial charge in [0.05, 0.1) is 0 Å². The minimum absolute atomic E-state index is 0.791. The van der Waals surface area contributed by atoms with Gasteiger partial charge in [0.25, 0.3) is 0 Å². The van der Waals surface area contributed by atoms with Gasteiger partial charge in [0.1, 0.15) is 0 Å². The van der Waals surface area contributed by atoms with Crippen LogP contribution in [0.2, 0.25) is 0 Å². The fraction of sp³-hybridized carbons (Fsp3) is 1.00. The van der Waals surface area contributed by atoms with Crippen molar-refractivity contribution < 1.29 is 0 Å². The monoisotopic (exact) mass is 279 g/mol. The van der Waals surface area contributed by atoms with E-state index < -0.39 is 0 Å². The van der Waals surface area contributed by atoms with E-state index in [4.69, 9.17) is 0 Å². The Kier molecular flexibility index (Phi) is 5.36. The average Bonchev–Trinajstić information content (AvgIpc) is 3.01. The third kappa shape index (κ3) is 3.75. The van der Waals surface area contributed by atoms with Crippen molar-refractivity contribution in [1.29, 1.82) is 0 Å². The van der Waals surface area contributed by atoms with Gasteiger partial charge in [-0.1, -0.05) is 0 Å². The Labute approximate surface area is 125 Å². The lowest BCUT2D eigenvalue weighted by molar-refractivity contribution is 0.0895. The largest absolute Gasteiger partial charge is 0.317 e. The molecular formula is C17H33N3. The van der Waals surface area contributed by atoms with E-state index in [1.807, 2.05) is 0 Å². The van der Waals surface area contributed by atoms with Crippen molar-refractivity contribution in [1.82, 2.24) is 15.1 Å². The van der Waals surface area contributed by atoms with E-state index in [-0.39, 0.29) is 0 Å². The topological polar surface area (TPSA) is 18.5 Å². The summed E-state index contributed by atoms with van der Waals surface area (Å²) in [5.41, 5.74) is 0. The van der Waals surface area contributed by atoms with Crippen LogP contribution in [0, 0.1) is 5.92 Å². The fourth-order valence-electron chi connectivity index (χ4n) is 4.56. The van der Waals surface area contributed by atoms with Gasteiger partial charge in [-0.05, 0) is 90.5 Å². The molecule has 0 unspecified atom stereocenters. The lowest BCUT2D eigenvalue weighted by Crippen LogP contribution is -2.46. The van der Waals surface area contributed by atoms with Gasteiger partial charge >= 0.3 is 0 Å². The molecule has 3 aliphatic rings. The molecule has 0 aromatic rings. The van der Waals surface area contributed by atoms with E-state index in [0.717, 1.165) is 18.0 Å². The van der Waals surface area contributed by atoms with Gasteiger partial charge in [-0.25, -0.2) is 0 Å². The summed E-state index contributed by atoms with van der Waals surface area (Å²) in [7, 11) is 2.12. The van der Waals surface area contributed by atoms with Crippen molar-refractivity contribution in [3.63, 3.8) is 0 Å². The molecule has 0 spiro atoms. The number of nitrogens with zero attached hydrogens (tertiary/aromatic N) is 2. The molecule has 1 N–H and O–H groups in total. The summed E-state index contributed by atoms with van der Waals surface area (Å²) in [6.07, 6.45) is 11.4. The van der Waals surface area contributed by atoms with Crippen molar-refractivity contribution in [2.24, 2.45) is 5.92 Å². The SMILES string of the molecule is CNC1CCC(N2CCC(CN3CCCC3)CC2)CC1. The summed E-state index contributed by atoms with van der Waals surface area (Å²) >= 11 is 0. The normalized spacial score (nSPS) is 34.6. The first kappa shape index (κ1) is 14.8. The lowest BCUT2D eigenvalue weighted by atomic mass is 9.87. The molecule has 0 atom stereocenters. The highest BCUT2D eigenvalue weighted by Crippen LogP contribution is 2.28. The maximum absolute atomic E-state index is 3.45. The first-order valence-electron chi connectivity index (χ1n) is 8.99. The quantitative estimate of drug-likeness (QED) is 0.852.